The molecule has 0 saturated carbocycles. The van der Waals surface area contributed by atoms with Gasteiger partial charge in [-0.05, 0) is 43.6 Å². The summed E-state index contributed by atoms with van der Waals surface area (Å²) in [6, 6.07) is 7.23. The van der Waals surface area contributed by atoms with E-state index in [1.165, 1.54) is 0 Å². The first kappa shape index (κ1) is 14.3. The van der Waals surface area contributed by atoms with E-state index in [0.717, 1.165) is 31.5 Å². The van der Waals surface area contributed by atoms with Crippen LogP contribution in [0.5, 0.6) is 0 Å². The molecular formula is C14H19ClN2O2. The molecule has 1 aliphatic rings. The predicted octanol–water partition coefficient (Wildman–Crippen LogP) is 1.57. The van der Waals surface area contributed by atoms with Crippen molar-refractivity contribution in [2.75, 3.05) is 19.6 Å². The highest BCUT2D eigenvalue weighted by molar-refractivity contribution is 6.30. The van der Waals surface area contributed by atoms with E-state index in [0.29, 0.717) is 11.6 Å². The molecule has 1 heterocycles. The maximum Gasteiger partial charge on any atom is 0.220 e. The van der Waals surface area contributed by atoms with Gasteiger partial charge in [0.1, 0.15) is 0 Å². The third-order valence-electron chi connectivity index (χ3n) is 3.68. The zero-order chi connectivity index (χ0) is 13.8. The van der Waals surface area contributed by atoms with Gasteiger partial charge in [0.25, 0.3) is 0 Å². The Labute approximate surface area is 118 Å². The second-order valence-corrected chi connectivity index (χ2v) is 5.48. The van der Waals surface area contributed by atoms with Crippen molar-refractivity contribution in [3.63, 3.8) is 0 Å². The number of piperidine rings is 1. The van der Waals surface area contributed by atoms with E-state index >= 15 is 0 Å². The number of primary amides is 1. The number of nitrogens with zero attached hydrogens (tertiary/aromatic N) is 1. The molecule has 19 heavy (non-hydrogen) atoms. The van der Waals surface area contributed by atoms with Gasteiger partial charge < -0.3 is 15.7 Å². The number of β-amino-alcohol motifs (C(OH)–C–C–N with tert-alkyl or cyclic N) is 1. The van der Waals surface area contributed by atoms with Crippen LogP contribution >= 0.6 is 11.6 Å². The molecule has 5 heteroatoms. The second-order valence-electron chi connectivity index (χ2n) is 5.04. The number of carbonyl (C=O) groups excluding carboxylic acids is 1. The lowest BCUT2D eigenvalue weighted by atomic mass is 9.96. The van der Waals surface area contributed by atoms with Crippen LogP contribution in [0.4, 0.5) is 0 Å². The molecule has 0 radical (unpaired) electrons. The highest BCUT2D eigenvalue weighted by Crippen LogP contribution is 2.21. The molecule has 4 nitrogen and oxygen atoms in total. The maximum absolute atomic E-state index is 11.1. The Morgan fingerprint density at radius 1 is 1.37 bits per heavy atom. The van der Waals surface area contributed by atoms with Crippen molar-refractivity contribution in [1.29, 1.82) is 0 Å². The van der Waals surface area contributed by atoms with Crippen LogP contribution in [0.1, 0.15) is 24.5 Å². The number of nitrogens with two attached hydrogens (primary N) is 1. The van der Waals surface area contributed by atoms with Crippen molar-refractivity contribution in [3.8, 4) is 0 Å². The van der Waals surface area contributed by atoms with E-state index in [4.69, 9.17) is 17.3 Å². The summed E-state index contributed by atoms with van der Waals surface area (Å²) >= 11 is 5.82. The Bertz CT molecular complexity index is 428. The molecule has 1 aliphatic heterocycles. The minimum Gasteiger partial charge on any atom is -0.387 e. The number of carbonyl (C=O) groups is 1. The zero-order valence-electron chi connectivity index (χ0n) is 10.8. The number of aliphatic hydroxyl groups is 1. The maximum atomic E-state index is 11.1. The summed E-state index contributed by atoms with van der Waals surface area (Å²) in [7, 11) is 0. The molecule has 2 rings (SSSR count). The van der Waals surface area contributed by atoms with Gasteiger partial charge in [-0.1, -0.05) is 23.7 Å². The molecule has 1 aromatic rings. The second kappa shape index (κ2) is 6.37. The van der Waals surface area contributed by atoms with E-state index in [1.54, 1.807) is 12.1 Å². The van der Waals surface area contributed by atoms with E-state index in [2.05, 4.69) is 4.90 Å². The topological polar surface area (TPSA) is 66.6 Å². The molecule has 3 N–H and O–H groups in total. The van der Waals surface area contributed by atoms with Gasteiger partial charge in [0.2, 0.25) is 5.91 Å². The number of hydrogen-bond donors (Lipinski definition) is 2. The molecule has 1 aromatic carbocycles. The SMILES string of the molecule is NC(=O)C1CCN(CC(O)c2ccc(Cl)cc2)CC1. The molecule has 0 aromatic heterocycles. The molecule has 0 bridgehead atoms. The molecule has 1 atom stereocenters. The van der Waals surface area contributed by atoms with Crippen molar-refractivity contribution >= 4 is 17.5 Å². The van der Waals surface area contributed by atoms with Gasteiger partial charge in [-0.3, -0.25) is 4.79 Å². The predicted molar refractivity (Wildman–Crippen MR) is 74.8 cm³/mol. The average molecular weight is 283 g/mol. The van der Waals surface area contributed by atoms with Gasteiger partial charge in [0.15, 0.2) is 0 Å². The van der Waals surface area contributed by atoms with Crippen LogP contribution in [0.2, 0.25) is 5.02 Å². The van der Waals surface area contributed by atoms with E-state index in [-0.39, 0.29) is 11.8 Å². The van der Waals surface area contributed by atoms with Gasteiger partial charge in [0, 0.05) is 17.5 Å². The summed E-state index contributed by atoms with van der Waals surface area (Å²) in [6.07, 6.45) is 1.04. The lowest BCUT2D eigenvalue weighted by Crippen LogP contribution is -2.40. The van der Waals surface area contributed by atoms with Gasteiger partial charge in [0.05, 0.1) is 6.10 Å². The fourth-order valence-corrected chi connectivity index (χ4v) is 2.56. The molecule has 0 spiro atoms. The third-order valence-corrected chi connectivity index (χ3v) is 3.93. The van der Waals surface area contributed by atoms with Crippen molar-refractivity contribution in [2.24, 2.45) is 11.7 Å². The van der Waals surface area contributed by atoms with Crippen LogP contribution in [-0.2, 0) is 4.79 Å². The summed E-state index contributed by atoms with van der Waals surface area (Å²) in [4.78, 5) is 13.2. The highest BCUT2D eigenvalue weighted by atomic mass is 35.5. The fraction of sp³-hybridized carbons (Fsp3) is 0.500. The molecule has 1 amide bonds. The number of amides is 1. The quantitative estimate of drug-likeness (QED) is 0.881. The Hall–Kier alpha value is -1.10. The van der Waals surface area contributed by atoms with Crippen molar-refractivity contribution in [3.05, 3.63) is 34.9 Å². The Balaban J connectivity index is 1.85. The highest BCUT2D eigenvalue weighted by Gasteiger charge is 2.24. The van der Waals surface area contributed by atoms with E-state index in [1.807, 2.05) is 12.1 Å². The molecule has 104 valence electrons. The molecule has 1 saturated heterocycles. The van der Waals surface area contributed by atoms with Gasteiger partial charge >= 0.3 is 0 Å². The number of benzene rings is 1. The number of rotatable bonds is 4. The van der Waals surface area contributed by atoms with Gasteiger partial charge in [-0.25, -0.2) is 0 Å². The number of likely N-dealkylation sites (tertiary alicyclic amines) is 1. The van der Waals surface area contributed by atoms with Crippen LogP contribution in [0, 0.1) is 5.92 Å². The third kappa shape index (κ3) is 3.93. The van der Waals surface area contributed by atoms with Gasteiger partial charge in [-0.15, -0.1) is 0 Å². The molecular weight excluding hydrogens is 264 g/mol. The Morgan fingerprint density at radius 3 is 2.47 bits per heavy atom. The Morgan fingerprint density at radius 2 is 1.95 bits per heavy atom. The lowest BCUT2D eigenvalue weighted by molar-refractivity contribution is -0.123. The molecule has 1 fully saturated rings. The fourth-order valence-electron chi connectivity index (χ4n) is 2.43. The number of aliphatic hydroxyl groups excluding tert-OH is 1. The van der Waals surface area contributed by atoms with Crippen molar-refractivity contribution in [1.82, 2.24) is 4.90 Å². The molecule has 0 aliphatic carbocycles. The lowest BCUT2D eigenvalue weighted by Gasteiger charge is -2.31. The summed E-state index contributed by atoms with van der Waals surface area (Å²) in [5, 5.41) is 10.8. The normalized spacial score (nSPS) is 19.3. The van der Waals surface area contributed by atoms with E-state index < -0.39 is 6.10 Å². The van der Waals surface area contributed by atoms with Crippen LogP contribution < -0.4 is 5.73 Å². The monoisotopic (exact) mass is 282 g/mol. The van der Waals surface area contributed by atoms with Crippen molar-refractivity contribution < 1.29 is 9.90 Å². The first-order valence-electron chi connectivity index (χ1n) is 6.51. The smallest absolute Gasteiger partial charge is 0.220 e. The first-order chi connectivity index (χ1) is 9.06. The zero-order valence-corrected chi connectivity index (χ0v) is 11.5. The molecule has 1 unspecified atom stereocenters. The number of hydrogen-bond acceptors (Lipinski definition) is 3. The van der Waals surface area contributed by atoms with E-state index in [9.17, 15) is 9.90 Å². The minimum absolute atomic E-state index is 0.0103. The largest absolute Gasteiger partial charge is 0.387 e. The summed E-state index contributed by atoms with van der Waals surface area (Å²) in [5.74, 6) is -0.221. The van der Waals surface area contributed by atoms with Crippen LogP contribution in [-0.4, -0.2) is 35.5 Å². The Kier molecular flexibility index (Phi) is 4.80. The summed E-state index contributed by atoms with van der Waals surface area (Å²) in [5.41, 5.74) is 6.16. The summed E-state index contributed by atoms with van der Waals surface area (Å²) in [6.45, 7) is 2.18. The van der Waals surface area contributed by atoms with Gasteiger partial charge in [-0.2, -0.15) is 0 Å². The minimum atomic E-state index is -0.526. The summed E-state index contributed by atoms with van der Waals surface area (Å²) < 4.78 is 0. The standard InChI is InChI=1S/C14H19ClN2O2/c15-12-3-1-10(2-4-12)13(18)9-17-7-5-11(6-8-17)14(16)19/h1-4,11,13,18H,5-9H2,(H2,16,19). The first-order valence-corrected chi connectivity index (χ1v) is 6.89. The van der Waals surface area contributed by atoms with Crippen LogP contribution in [0.15, 0.2) is 24.3 Å². The number of halogens is 1. The van der Waals surface area contributed by atoms with Crippen LogP contribution in [0.3, 0.4) is 0 Å². The van der Waals surface area contributed by atoms with Crippen molar-refractivity contribution in [2.45, 2.75) is 18.9 Å². The van der Waals surface area contributed by atoms with Crippen LogP contribution in [0.25, 0.3) is 0 Å². The average Bonchev–Trinajstić information content (AvgIpc) is 2.40.